The topological polar surface area (TPSA) is 81.0 Å². The van der Waals surface area contributed by atoms with E-state index in [1.807, 2.05) is 0 Å². The molecular weight excluding hydrogens is 282 g/mol. The van der Waals surface area contributed by atoms with Gasteiger partial charge in [0.2, 0.25) is 0 Å². The fourth-order valence-corrected chi connectivity index (χ4v) is 3.21. The van der Waals surface area contributed by atoms with Crippen LogP contribution in [-0.4, -0.2) is 51.1 Å². The number of rotatable bonds is 12. The molecule has 22 heavy (non-hydrogen) atoms. The fraction of sp³-hybridized carbons (Fsp3) is 0.941. The number of aliphatic carboxylic acids is 1. The zero-order valence-electron chi connectivity index (χ0n) is 13.9. The standard InChI is InChI=1S/C17H33NO4/c1-2-3-4-5-6-7-8-9-10-11-16(20)18-13-14(19)12-15(18)17(21)22/h14-16,19-20H,2-13H2,1H3,(H,21,22)/t14-,15+,16?/m1/s1. The van der Waals surface area contributed by atoms with Crippen LogP contribution in [0.5, 0.6) is 0 Å². The molecule has 1 aliphatic heterocycles. The van der Waals surface area contributed by atoms with Gasteiger partial charge in [0.05, 0.1) is 6.10 Å². The van der Waals surface area contributed by atoms with Gasteiger partial charge in [0.1, 0.15) is 12.3 Å². The molecule has 5 heteroatoms. The highest BCUT2D eigenvalue weighted by Gasteiger charge is 2.38. The van der Waals surface area contributed by atoms with Crippen LogP contribution in [0.1, 0.15) is 77.6 Å². The summed E-state index contributed by atoms with van der Waals surface area (Å²) in [5.74, 6) is -0.956. The molecule has 1 aliphatic rings. The summed E-state index contributed by atoms with van der Waals surface area (Å²) in [6.45, 7) is 2.48. The molecule has 0 saturated carbocycles. The number of unbranched alkanes of at least 4 members (excludes halogenated alkanes) is 8. The van der Waals surface area contributed by atoms with Crippen LogP contribution in [-0.2, 0) is 4.79 Å². The molecule has 0 radical (unpaired) electrons. The van der Waals surface area contributed by atoms with Gasteiger partial charge in [-0.3, -0.25) is 9.69 Å². The Morgan fingerprint density at radius 2 is 1.64 bits per heavy atom. The number of aliphatic hydroxyl groups excluding tert-OH is 2. The number of β-amino-alcohol motifs (C(OH)–C–C–N with tert-alkyl or cyclic N) is 1. The largest absolute Gasteiger partial charge is 0.480 e. The van der Waals surface area contributed by atoms with Crippen LogP contribution in [0.4, 0.5) is 0 Å². The van der Waals surface area contributed by atoms with Crippen molar-refractivity contribution in [1.29, 1.82) is 0 Å². The third kappa shape index (κ3) is 7.07. The van der Waals surface area contributed by atoms with Crippen molar-refractivity contribution in [1.82, 2.24) is 4.90 Å². The van der Waals surface area contributed by atoms with Gasteiger partial charge in [0.15, 0.2) is 0 Å². The zero-order chi connectivity index (χ0) is 16.4. The van der Waals surface area contributed by atoms with E-state index in [1.54, 1.807) is 0 Å². The molecule has 130 valence electrons. The van der Waals surface area contributed by atoms with Gasteiger partial charge in [-0.25, -0.2) is 0 Å². The molecule has 5 nitrogen and oxygen atoms in total. The molecule has 1 saturated heterocycles. The van der Waals surface area contributed by atoms with Crippen molar-refractivity contribution in [3.8, 4) is 0 Å². The minimum atomic E-state index is -0.956. The first kappa shape index (κ1) is 19.4. The van der Waals surface area contributed by atoms with Crippen molar-refractivity contribution < 1.29 is 20.1 Å². The number of hydrogen-bond acceptors (Lipinski definition) is 4. The van der Waals surface area contributed by atoms with Crippen molar-refractivity contribution in [3.05, 3.63) is 0 Å². The smallest absolute Gasteiger partial charge is 0.321 e. The summed E-state index contributed by atoms with van der Waals surface area (Å²) < 4.78 is 0. The summed E-state index contributed by atoms with van der Waals surface area (Å²) in [4.78, 5) is 12.6. The maximum atomic E-state index is 11.1. The van der Waals surface area contributed by atoms with Crippen molar-refractivity contribution in [2.75, 3.05) is 6.54 Å². The van der Waals surface area contributed by atoms with Gasteiger partial charge in [-0.2, -0.15) is 0 Å². The van der Waals surface area contributed by atoms with E-state index in [4.69, 9.17) is 5.11 Å². The Morgan fingerprint density at radius 3 is 2.18 bits per heavy atom. The average Bonchev–Trinajstić information content (AvgIpc) is 2.87. The highest BCUT2D eigenvalue weighted by Crippen LogP contribution is 2.22. The molecule has 1 fully saturated rings. The molecule has 0 amide bonds. The molecular formula is C17H33NO4. The highest BCUT2D eigenvalue weighted by molar-refractivity contribution is 5.74. The van der Waals surface area contributed by atoms with Crippen LogP contribution in [0.3, 0.4) is 0 Å². The number of carbonyl (C=O) groups is 1. The maximum Gasteiger partial charge on any atom is 0.321 e. The Labute approximate surface area is 134 Å². The zero-order valence-corrected chi connectivity index (χ0v) is 13.9. The first-order valence-electron chi connectivity index (χ1n) is 8.91. The van der Waals surface area contributed by atoms with E-state index in [1.165, 1.54) is 49.8 Å². The monoisotopic (exact) mass is 315 g/mol. The number of carboxylic acids is 1. The van der Waals surface area contributed by atoms with Gasteiger partial charge >= 0.3 is 5.97 Å². The number of nitrogens with zero attached hydrogens (tertiary/aromatic N) is 1. The van der Waals surface area contributed by atoms with E-state index in [0.29, 0.717) is 6.42 Å². The molecule has 0 aliphatic carbocycles. The Balaban J connectivity index is 2.08. The lowest BCUT2D eigenvalue weighted by Gasteiger charge is -2.26. The molecule has 3 N–H and O–H groups in total. The molecule has 1 unspecified atom stereocenters. The highest BCUT2D eigenvalue weighted by atomic mass is 16.4. The quantitative estimate of drug-likeness (QED) is 0.483. The molecule has 0 spiro atoms. The van der Waals surface area contributed by atoms with E-state index >= 15 is 0 Å². The van der Waals surface area contributed by atoms with E-state index in [0.717, 1.165) is 12.8 Å². The number of aliphatic hydroxyl groups is 2. The third-order valence-electron chi connectivity index (χ3n) is 4.55. The second-order valence-electron chi connectivity index (χ2n) is 6.54. The third-order valence-corrected chi connectivity index (χ3v) is 4.55. The predicted octanol–water partition coefficient (Wildman–Crippen LogP) is 2.75. The first-order chi connectivity index (χ1) is 10.6. The van der Waals surface area contributed by atoms with Gasteiger partial charge < -0.3 is 15.3 Å². The van der Waals surface area contributed by atoms with Crippen LogP contribution in [0, 0.1) is 0 Å². The molecule has 3 atom stereocenters. The summed E-state index contributed by atoms with van der Waals surface area (Å²) in [6.07, 6.45) is 10.4. The minimum absolute atomic E-state index is 0.212. The SMILES string of the molecule is CCCCCCCCCCCC(O)N1C[C@H](O)C[C@H]1C(=O)O. The first-order valence-corrected chi connectivity index (χ1v) is 8.91. The van der Waals surface area contributed by atoms with E-state index < -0.39 is 24.3 Å². The second kappa shape index (κ2) is 11.0. The molecule has 1 heterocycles. The van der Waals surface area contributed by atoms with Crippen molar-refractivity contribution in [2.45, 2.75) is 95.9 Å². The molecule has 1 rings (SSSR count). The summed E-state index contributed by atoms with van der Waals surface area (Å²) in [7, 11) is 0. The van der Waals surface area contributed by atoms with Gasteiger partial charge in [0.25, 0.3) is 0 Å². The molecule has 0 aromatic heterocycles. The van der Waals surface area contributed by atoms with E-state index in [9.17, 15) is 15.0 Å². The van der Waals surface area contributed by atoms with Crippen LogP contribution in [0.15, 0.2) is 0 Å². The Kier molecular flexibility index (Phi) is 9.68. The van der Waals surface area contributed by atoms with E-state index in [2.05, 4.69) is 6.92 Å². The summed E-state index contributed by atoms with van der Waals surface area (Å²) in [5, 5.41) is 28.8. The van der Waals surface area contributed by atoms with Gasteiger partial charge in [-0.1, -0.05) is 58.3 Å². The maximum absolute atomic E-state index is 11.1. The predicted molar refractivity (Wildman–Crippen MR) is 86.6 cm³/mol. The lowest BCUT2D eigenvalue weighted by atomic mass is 10.1. The Hall–Kier alpha value is -0.650. The lowest BCUT2D eigenvalue weighted by molar-refractivity contribution is -0.146. The molecule has 0 aromatic rings. The fourth-order valence-electron chi connectivity index (χ4n) is 3.21. The number of hydrogen-bond donors (Lipinski definition) is 3. The Bertz CT molecular complexity index is 311. The molecule has 0 bridgehead atoms. The minimum Gasteiger partial charge on any atom is -0.480 e. The Morgan fingerprint density at radius 1 is 1.09 bits per heavy atom. The summed E-state index contributed by atoms with van der Waals surface area (Å²) in [5.41, 5.74) is 0. The van der Waals surface area contributed by atoms with Crippen molar-refractivity contribution in [2.24, 2.45) is 0 Å². The van der Waals surface area contributed by atoms with Crippen LogP contribution in [0.25, 0.3) is 0 Å². The number of likely N-dealkylation sites (tertiary alicyclic amines) is 1. The normalized spacial score (nSPS) is 23.8. The van der Waals surface area contributed by atoms with Crippen molar-refractivity contribution >= 4 is 5.97 Å². The van der Waals surface area contributed by atoms with E-state index in [-0.39, 0.29) is 13.0 Å². The van der Waals surface area contributed by atoms with Crippen molar-refractivity contribution in [3.63, 3.8) is 0 Å². The summed E-state index contributed by atoms with van der Waals surface area (Å²) >= 11 is 0. The van der Waals surface area contributed by atoms with Gasteiger partial charge in [-0.15, -0.1) is 0 Å². The lowest BCUT2D eigenvalue weighted by Crippen LogP contribution is -2.43. The molecule has 0 aromatic carbocycles. The average molecular weight is 315 g/mol. The number of carboxylic acid groups (broad SMARTS) is 1. The summed E-state index contributed by atoms with van der Waals surface area (Å²) in [6, 6.07) is -0.747. The van der Waals surface area contributed by atoms with Crippen LogP contribution >= 0.6 is 0 Å². The van der Waals surface area contributed by atoms with Gasteiger partial charge in [-0.05, 0) is 12.8 Å². The second-order valence-corrected chi connectivity index (χ2v) is 6.54. The van der Waals surface area contributed by atoms with Crippen LogP contribution in [0.2, 0.25) is 0 Å². The van der Waals surface area contributed by atoms with Crippen LogP contribution < -0.4 is 0 Å². The van der Waals surface area contributed by atoms with Gasteiger partial charge in [0, 0.05) is 13.0 Å².